The number of hydrogen-bond acceptors (Lipinski definition) is 7. The number of hydrogen-bond donors (Lipinski definition) is 2. The second-order valence-corrected chi connectivity index (χ2v) is 9.97. The second kappa shape index (κ2) is 10.8. The van der Waals surface area contributed by atoms with Gasteiger partial charge in [-0.3, -0.25) is 14.5 Å². The van der Waals surface area contributed by atoms with Crippen LogP contribution in [0.3, 0.4) is 0 Å². The fourth-order valence-corrected chi connectivity index (χ4v) is 4.83. The van der Waals surface area contributed by atoms with Crippen LogP contribution in [0.25, 0.3) is 0 Å². The van der Waals surface area contributed by atoms with Crippen LogP contribution in [0.4, 0.5) is 21.0 Å². The molecule has 0 radical (unpaired) electrons. The van der Waals surface area contributed by atoms with Crippen molar-refractivity contribution in [2.45, 2.75) is 58.5 Å². The van der Waals surface area contributed by atoms with E-state index in [1.54, 1.807) is 41.3 Å². The van der Waals surface area contributed by atoms with Gasteiger partial charge in [-0.2, -0.15) is 0 Å². The number of amides is 6. The van der Waals surface area contributed by atoms with Crippen LogP contribution in [0.15, 0.2) is 47.6 Å². The zero-order valence-corrected chi connectivity index (χ0v) is 21.9. The summed E-state index contributed by atoms with van der Waals surface area (Å²) < 4.78 is 0. The minimum absolute atomic E-state index is 0.000170. The van der Waals surface area contributed by atoms with Crippen molar-refractivity contribution >= 4 is 46.9 Å². The standard InChI is InChI=1S/C25H28ClN7O5/c1-14(2)31-20-9-8-19(11-17(20)12-22(31)35)28-23-30(13-16-4-6-18(26)7-5-16)24(36)32(25(37)33(23)27)15(3)10-21(34)29-38/h4-9,11,14-15,23,28H,10,12-13,27H2,1-3H3/t15-,23?/m0/s1. The van der Waals surface area contributed by atoms with Gasteiger partial charge < -0.3 is 10.2 Å². The minimum Gasteiger partial charge on any atom is -0.347 e. The first kappa shape index (κ1) is 27.0. The third-order valence-corrected chi connectivity index (χ3v) is 6.73. The van der Waals surface area contributed by atoms with Crippen molar-refractivity contribution in [1.29, 1.82) is 0 Å². The molecule has 3 N–H and O–H groups in total. The van der Waals surface area contributed by atoms with Gasteiger partial charge in [0.2, 0.25) is 12.2 Å². The average Bonchev–Trinajstić information content (AvgIpc) is 3.20. The summed E-state index contributed by atoms with van der Waals surface area (Å²) >= 11 is 6.01. The molecule has 2 aliphatic rings. The van der Waals surface area contributed by atoms with Crippen LogP contribution in [0.2, 0.25) is 5.02 Å². The van der Waals surface area contributed by atoms with Gasteiger partial charge in [0.15, 0.2) is 0 Å². The summed E-state index contributed by atoms with van der Waals surface area (Å²) in [6.45, 7) is 5.37. The average molecular weight is 542 g/mol. The Labute approximate surface area is 224 Å². The first-order chi connectivity index (χ1) is 18.0. The first-order valence-electron chi connectivity index (χ1n) is 12.0. The Morgan fingerprint density at radius 1 is 1.08 bits per heavy atom. The van der Waals surface area contributed by atoms with Crippen LogP contribution >= 0.6 is 11.6 Å². The Bertz CT molecular complexity index is 1290. The predicted octanol–water partition coefficient (Wildman–Crippen LogP) is 3.64. The molecule has 1 fully saturated rings. The molecule has 2 aromatic rings. The summed E-state index contributed by atoms with van der Waals surface area (Å²) in [6.07, 6.45) is -1.31. The number of rotatable bonds is 8. The van der Waals surface area contributed by atoms with E-state index in [0.29, 0.717) is 16.3 Å². The Morgan fingerprint density at radius 2 is 1.76 bits per heavy atom. The number of imide groups is 1. The highest BCUT2D eigenvalue weighted by atomic mass is 35.5. The first-order valence-corrected chi connectivity index (χ1v) is 12.4. The van der Waals surface area contributed by atoms with Crippen LogP contribution in [0.1, 0.15) is 38.3 Å². The van der Waals surface area contributed by atoms with Gasteiger partial charge in [0.1, 0.15) is 0 Å². The molecule has 0 spiro atoms. The van der Waals surface area contributed by atoms with Gasteiger partial charge in [0.05, 0.1) is 19.4 Å². The maximum atomic E-state index is 13.6. The molecule has 1 unspecified atom stereocenters. The number of urea groups is 2. The third kappa shape index (κ3) is 5.18. The molecular weight excluding hydrogens is 514 g/mol. The Balaban J connectivity index is 1.66. The van der Waals surface area contributed by atoms with E-state index in [2.05, 4.69) is 10.5 Å². The number of hydrazine groups is 1. The van der Waals surface area contributed by atoms with E-state index >= 15 is 0 Å². The lowest BCUT2D eigenvalue weighted by atomic mass is 10.1. The molecule has 0 aliphatic carbocycles. The summed E-state index contributed by atoms with van der Waals surface area (Å²) in [6, 6.07) is 9.64. The van der Waals surface area contributed by atoms with Crippen molar-refractivity contribution in [2.24, 2.45) is 11.0 Å². The molecule has 0 bridgehead atoms. The lowest BCUT2D eigenvalue weighted by molar-refractivity contribution is -0.119. The van der Waals surface area contributed by atoms with Crippen molar-refractivity contribution < 1.29 is 19.2 Å². The highest BCUT2D eigenvalue weighted by Gasteiger charge is 2.45. The van der Waals surface area contributed by atoms with Gasteiger partial charge in [-0.05, 0) is 62.2 Å². The van der Waals surface area contributed by atoms with Crippen molar-refractivity contribution in [1.82, 2.24) is 14.8 Å². The van der Waals surface area contributed by atoms with E-state index < -0.39 is 36.7 Å². The van der Waals surface area contributed by atoms with E-state index in [1.165, 1.54) is 11.8 Å². The summed E-state index contributed by atoms with van der Waals surface area (Å²) in [5, 5.41) is 6.87. The molecule has 4 rings (SSSR count). The highest BCUT2D eigenvalue weighted by Crippen LogP contribution is 2.34. The number of fused-ring (bicyclic) bond motifs is 1. The van der Waals surface area contributed by atoms with E-state index in [-0.39, 0.29) is 24.9 Å². The monoisotopic (exact) mass is 541 g/mol. The molecule has 0 aromatic heterocycles. The molecule has 13 heteroatoms. The summed E-state index contributed by atoms with van der Waals surface area (Å²) in [5.74, 6) is 5.22. The maximum Gasteiger partial charge on any atom is 0.345 e. The van der Waals surface area contributed by atoms with Gasteiger partial charge in [0, 0.05) is 33.7 Å². The quantitative estimate of drug-likeness (QED) is 0.294. The topological polar surface area (TPSA) is 149 Å². The normalized spacial score (nSPS) is 18.3. The highest BCUT2D eigenvalue weighted by molar-refractivity contribution is 6.30. The molecule has 12 nitrogen and oxygen atoms in total. The van der Waals surface area contributed by atoms with Gasteiger partial charge in [-0.1, -0.05) is 23.7 Å². The Morgan fingerprint density at radius 3 is 2.39 bits per heavy atom. The molecule has 0 saturated carbocycles. The van der Waals surface area contributed by atoms with Crippen LogP contribution < -0.4 is 16.1 Å². The van der Waals surface area contributed by atoms with Crippen molar-refractivity contribution in [3.8, 4) is 0 Å². The predicted molar refractivity (Wildman–Crippen MR) is 141 cm³/mol. The molecule has 1 saturated heterocycles. The van der Waals surface area contributed by atoms with Gasteiger partial charge in [-0.25, -0.2) is 25.3 Å². The number of nitroso groups, excluding NO2 is 1. The summed E-state index contributed by atoms with van der Waals surface area (Å²) in [7, 11) is 0. The van der Waals surface area contributed by atoms with Crippen molar-refractivity contribution in [3.05, 3.63) is 63.5 Å². The number of nitrogens with two attached hydrogens (primary N) is 1. The molecule has 2 aliphatic heterocycles. The second-order valence-electron chi connectivity index (χ2n) is 9.53. The van der Waals surface area contributed by atoms with E-state index in [4.69, 9.17) is 17.4 Å². The molecule has 38 heavy (non-hydrogen) atoms. The summed E-state index contributed by atoms with van der Waals surface area (Å²) in [4.78, 5) is 65.4. The van der Waals surface area contributed by atoms with Gasteiger partial charge in [0.25, 0.3) is 5.91 Å². The van der Waals surface area contributed by atoms with Crippen molar-refractivity contribution in [2.75, 3.05) is 10.2 Å². The molecule has 2 atom stereocenters. The number of halogens is 1. The lowest BCUT2D eigenvalue weighted by Gasteiger charge is -2.47. The molecule has 2 aromatic carbocycles. The molecular formula is C25H28ClN7O5. The van der Waals surface area contributed by atoms with Crippen LogP contribution in [-0.4, -0.2) is 57.1 Å². The Kier molecular flexibility index (Phi) is 7.65. The zero-order chi connectivity index (χ0) is 27.7. The Hall–Kier alpha value is -4.03. The number of nitrogens with zero attached hydrogens (tertiary/aromatic N) is 5. The maximum absolute atomic E-state index is 13.6. The number of carbonyl (C=O) groups excluding carboxylic acids is 4. The van der Waals surface area contributed by atoms with Gasteiger partial charge >= 0.3 is 12.1 Å². The third-order valence-electron chi connectivity index (χ3n) is 6.48. The van der Waals surface area contributed by atoms with E-state index in [9.17, 15) is 24.1 Å². The zero-order valence-electron chi connectivity index (χ0n) is 21.1. The van der Waals surface area contributed by atoms with E-state index in [1.807, 2.05) is 19.9 Å². The van der Waals surface area contributed by atoms with E-state index in [0.717, 1.165) is 21.2 Å². The fourth-order valence-electron chi connectivity index (χ4n) is 4.70. The van der Waals surface area contributed by atoms with Crippen molar-refractivity contribution in [3.63, 3.8) is 0 Å². The SMILES string of the molecule is CC(C)N1C(=O)Cc2cc(NC3N(N)C(=O)N([C@@H](C)CC(=O)N=O)C(=O)N3Cc3ccc(Cl)cc3)ccc21. The van der Waals surface area contributed by atoms with Crippen LogP contribution in [0, 0.1) is 4.91 Å². The molecule has 2 heterocycles. The largest absolute Gasteiger partial charge is 0.347 e. The summed E-state index contributed by atoms with van der Waals surface area (Å²) in [5.41, 5.74) is 2.88. The number of carbonyl (C=O) groups is 4. The van der Waals surface area contributed by atoms with Gasteiger partial charge in [-0.15, -0.1) is 4.91 Å². The minimum atomic E-state index is -1.11. The number of benzene rings is 2. The molecule has 6 amide bonds. The smallest absolute Gasteiger partial charge is 0.345 e. The fraction of sp³-hybridized carbons (Fsp3) is 0.360. The number of anilines is 2. The lowest BCUT2D eigenvalue weighted by Crippen LogP contribution is -2.71. The number of nitrogens with one attached hydrogen (secondary N) is 1. The molecule has 200 valence electrons. The van der Waals surface area contributed by atoms with Crippen LogP contribution in [0.5, 0.6) is 0 Å². The van der Waals surface area contributed by atoms with Crippen LogP contribution in [-0.2, 0) is 22.6 Å².